The van der Waals surface area contributed by atoms with Crippen LogP contribution >= 0.6 is 11.6 Å². The number of hydrogen-bond acceptors (Lipinski definition) is 6. The third kappa shape index (κ3) is 3.47. The van der Waals surface area contributed by atoms with Crippen LogP contribution in [0.15, 0.2) is 50.3 Å². The van der Waals surface area contributed by atoms with Crippen molar-refractivity contribution >= 4 is 27.3 Å². The molecule has 1 aromatic carbocycles. The average Bonchev–Trinajstić information content (AvgIpc) is 3.36. The summed E-state index contributed by atoms with van der Waals surface area (Å²) >= 11 is 5.80. The van der Waals surface area contributed by atoms with E-state index in [-0.39, 0.29) is 22.7 Å². The first kappa shape index (κ1) is 17.1. The van der Waals surface area contributed by atoms with Crippen molar-refractivity contribution in [2.45, 2.75) is 36.7 Å². The molecule has 3 aromatic rings. The van der Waals surface area contributed by atoms with Gasteiger partial charge in [-0.05, 0) is 49.2 Å². The fourth-order valence-corrected chi connectivity index (χ4v) is 4.09. The van der Waals surface area contributed by atoms with Crippen LogP contribution in [0.3, 0.4) is 0 Å². The highest BCUT2D eigenvalue weighted by Crippen LogP contribution is 2.35. The number of benzene rings is 1. The minimum Gasteiger partial charge on any atom is -0.438 e. The van der Waals surface area contributed by atoms with E-state index in [0.717, 1.165) is 25.7 Å². The molecule has 9 heteroatoms. The Hall–Kier alpha value is -2.32. The molecule has 1 aliphatic rings. The van der Waals surface area contributed by atoms with E-state index in [9.17, 15) is 8.42 Å². The number of anilines is 1. The third-order valence-electron chi connectivity index (χ3n) is 4.30. The first-order valence-corrected chi connectivity index (χ1v) is 10.1. The number of aromatic nitrogens is 2. The van der Waals surface area contributed by atoms with E-state index < -0.39 is 10.0 Å². The first-order valence-electron chi connectivity index (χ1n) is 8.23. The molecule has 1 fully saturated rings. The van der Waals surface area contributed by atoms with Crippen molar-refractivity contribution in [2.24, 2.45) is 0 Å². The van der Waals surface area contributed by atoms with E-state index in [2.05, 4.69) is 14.9 Å². The van der Waals surface area contributed by atoms with Crippen molar-refractivity contribution in [2.75, 3.05) is 4.72 Å². The summed E-state index contributed by atoms with van der Waals surface area (Å²) in [6, 6.07) is 9.17. The molecular weight excluding hydrogens is 378 g/mol. The van der Waals surface area contributed by atoms with Gasteiger partial charge in [0, 0.05) is 16.6 Å². The molecule has 4 rings (SSSR count). The Kier molecular flexibility index (Phi) is 4.46. The zero-order valence-corrected chi connectivity index (χ0v) is 15.3. The number of hydrogen-bond donors (Lipinski definition) is 1. The summed E-state index contributed by atoms with van der Waals surface area (Å²) in [4.78, 5) is 0. The molecule has 0 radical (unpaired) electrons. The Morgan fingerprint density at radius 2 is 1.73 bits per heavy atom. The van der Waals surface area contributed by atoms with Crippen LogP contribution in [0.2, 0.25) is 5.02 Å². The fourth-order valence-electron chi connectivity index (χ4n) is 2.97. The summed E-state index contributed by atoms with van der Waals surface area (Å²) in [6.07, 6.45) is 4.37. The molecule has 0 spiro atoms. The lowest BCUT2D eigenvalue weighted by Gasteiger charge is -2.05. The van der Waals surface area contributed by atoms with Crippen LogP contribution in [0.5, 0.6) is 0 Å². The Balaban J connectivity index is 1.54. The quantitative estimate of drug-likeness (QED) is 0.687. The van der Waals surface area contributed by atoms with Crippen LogP contribution in [0.4, 0.5) is 5.69 Å². The van der Waals surface area contributed by atoms with E-state index in [0.29, 0.717) is 16.6 Å². The Labute approximate surface area is 155 Å². The zero-order chi connectivity index (χ0) is 18.1. The molecule has 0 amide bonds. The summed E-state index contributed by atoms with van der Waals surface area (Å²) in [5.41, 5.74) is 0.383. The SMILES string of the molecule is O=S(=O)(Nc1ccc(Cl)cc1)c1ccc(-c2nnc(C3CCCC3)o2)o1. The molecule has 0 saturated heterocycles. The summed E-state index contributed by atoms with van der Waals surface area (Å²) in [6.45, 7) is 0. The molecule has 0 aliphatic heterocycles. The lowest BCUT2D eigenvalue weighted by atomic mass is 10.1. The van der Waals surface area contributed by atoms with Crippen LogP contribution in [-0.4, -0.2) is 18.6 Å². The lowest BCUT2D eigenvalue weighted by Crippen LogP contribution is -2.11. The maximum absolute atomic E-state index is 12.4. The van der Waals surface area contributed by atoms with Gasteiger partial charge in [0.15, 0.2) is 5.76 Å². The van der Waals surface area contributed by atoms with E-state index in [1.807, 2.05) is 0 Å². The second-order valence-electron chi connectivity index (χ2n) is 6.16. The van der Waals surface area contributed by atoms with Gasteiger partial charge in [0.2, 0.25) is 11.0 Å². The van der Waals surface area contributed by atoms with Crippen LogP contribution in [0, 0.1) is 0 Å². The molecule has 0 unspecified atom stereocenters. The van der Waals surface area contributed by atoms with Gasteiger partial charge >= 0.3 is 0 Å². The summed E-state index contributed by atoms with van der Waals surface area (Å²) < 4.78 is 38.4. The Morgan fingerprint density at radius 1 is 1.00 bits per heavy atom. The zero-order valence-electron chi connectivity index (χ0n) is 13.7. The highest BCUT2D eigenvalue weighted by molar-refractivity contribution is 7.92. The van der Waals surface area contributed by atoms with Crippen molar-refractivity contribution < 1.29 is 17.3 Å². The predicted octanol–water partition coefficient (Wildman–Crippen LogP) is 4.44. The summed E-state index contributed by atoms with van der Waals surface area (Å²) in [5.74, 6) is 1.26. The molecule has 1 N–H and O–H groups in total. The van der Waals surface area contributed by atoms with E-state index >= 15 is 0 Å². The number of halogens is 1. The Morgan fingerprint density at radius 3 is 2.46 bits per heavy atom. The van der Waals surface area contributed by atoms with Crippen molar-refractivity contribution in [3.05, 3.63) is 47.3 Å². The molecule has 136 valence electrons. The van der Waals surface area contributed by atoms with Gasteiger partial charge in [-0.1, -0.05) is 24.4 Å². The molecule has 0 atom stereocenters. The second-order valence-corrected chi connectivity index (χ2v) is 8.21. The van der Waals surface area contributed by atoms with Crippen molar-refractivity contribution in [1.82, 2.24) is 10.2 Å². The van der Waals surface area contributed by atoms with Gasteiger partial charge in [-0.15, -0.1) is 10.2 Å². The van der Waals surface area contributed by atoms with Crippen LogP contribution in [0.25, 0.3) is 11.7 Å². The molecule has 1 aliphatic carbocycles. The molecule has 7 nitrogen and oxygen atoms in total. The van der Waals surface area contributed by atoms with E-state index in [1.165, 1.54) is 12.1 Å². The number of nitrogens with zero attached hydrogens (tertiary/aromatic N) is 2. The summed E-state index contributed by atoms with van der Waals surface area (Å²) in [7, 11) is -3.87. The number of nitrogens with one attached hydrogen (secondary N) is 1. The fraction of sp³-hybridized carbons (Fsp3) is 0.294. The number of furan rings is 1. The van der Waals surface area contributed by atoms with E-state index in [4.69, 9.17) is 20.4 Å². The maximum Gasteiger partial charge on any atom is 0.295 e. The van der Waals surface area contributed by atoms with Gasteiger partial charge in [-0.3, -0.25) is 4.72 Å². The second kappa shape index (κ2) is 6.77. The van der Waals surface area contributed by atoms with Crippen LogP contribution in [0.1, 0.15) is 37.5 Å². The van der Waals surface area contributed by atoms with Crippen LogP contribution in [-0.2, 0) is 10.0 Å². The molecule has 1 saturated carbocycles. The normalized spacial score (nSPS) is 15.4. The number of rotatable bonds is 5. The molecule has 2 aromatic heterocycles. The van der Waals surface area contributed by atoms with Crippen molar-refractivity contribution in [3.63, 3.8) is 0 Å². The van der Waals surface area contributed by atoms with Gasteiger partial charge in [0.05, 0.1) is 0 Å². The molecule has 26 heavy (non-hydrogen) atoms. The molecular formula is C17H16ClN3O4S. The third-order valence-corrected chi connectivity index (χ3v) is 5.80. The van der Waals surface area contributed by atoms with Gasteiger partial charge in [-0.25, -0.2) is 0 Å². The lowest BCUT2D eigenvalue weighted by molar-refractivity contribution is 0.421. The molecule has 2 heterocycles. The van der Waals surface area contributed by atoms with Crippen LogP contribution < -0.4 is 4.72 Å². The largest absolute Gasteiger partial charge is 0.438 e. The average molecular weight is 394 g/mol. The maximum atomic E-state index is 12.4. The minimum atomic E-state index is -3.87. The summed E-state index contributed by atoms with van der Waals surface area (Å²) in [5, 5.41) is 8.33. The van der Waals surface area contributed by atoms with Crippen molar-refractivity contribution in [1.29, 1.82) is 0 Å². The highest BCUT2D eigenvalue weighted by Gasteiger charge is 2.25. The van der Waals surface area contributed by atoms with Gasteiger partial charge in [-0.2, -0.15) is 8.42 Å². The Bertz CT molecular complexity index is 1000. The topological polar surface area (TPSA) is 98.2 Å². The standard InChI is InChI=1S/C17H16ClN3O4S/c18-12-5-7-13(8-6-12)21-26(22,23)15-10-9-14(24-15)17-20-19-16(25-17)11-3-1-2-4-11/h5-11,21H,1-4H2. The minimum absolute atomic E-state index is 0.180. The molecule has 0 bridgehead atoms. The van der Waals surface area contributed by atoms with Gasteiger partial charge in [0.25, 0.3) is 15.9 Å². The predicted molar refractivity (Wildman–Crippen MR) is 95.5 cm³/mol. The van der Waals surface area contributed by atoms with Gasteiger partial charge in [0.1, 0.15) is 0 Å². The smallest absolute Gasteiger partial charge is 0.295 e. The van der Waals surface area contributed by atoms with E-state index in [1.54, 1.807) is 24.3 Å². The highest BCUT2D eigenvalue weighted by atomic mass is 35.5. The number of sulfonamides is 1. The van der Waals surface area contributed by atoms with Gasteiger partial charge < -0.3 is 8.83 Å². The first-order chi connectivity index (χ1) is 12.5. The monoisotopic (exact) mass is 393 g/mol. The van der Waals surface area contributed by atoms with Crippen molar-refractivity contribution in [3.8, 4) is 11.7 Å².